The highest BCUT2D eigenvalue weighted by Gasteiger charge is 2.12. The van der Waals surface area contributed by atoms with E-state index in [1.54, 1.807) is 16.8 Å². The van der Waals surface area contributed by atoms with Gasteiger partial charge in [0.25, 0.3) is 11.6 Å². The van der Waals surface area contributed by atoms with Crippen molar-refractivity contribution in [1.29, 1.82) is 0 Å². The molecule has 1 amide bonds. The number of benzene rings is 2. The number of rotatable bonds is 6. The fourth-order valence-electron chi connectivity index (χ4n) is 2.49. The first-order valence-corrected chi connectivity index (χ1v) is 8.23. The molecule has 0 saturated heterocycles. The third-order valence-electron chi connectivity index (χ3n) is 3.78. The van der Waals surface area contributed by atoms with Crippen LogP contribution in [0.2, 0.25) is 0 Å². The Hall–Kier alpha value is -3.68. The molecule has 1 aromatic heterocycles. The molecule has 0 radical (unpaired) electrons. The summed E-state index contributed by atoms with van der Waals surface area (Å²) in [5.41, 5.74) is 2.61. The van der Waals surface area contributed by atoms with Crippen LogP contribution in [-0.4, -0.2) is 27.2 Å². The second-order valence-electron chi connectivity index (χ2n) is 6.01. The standard InChI is InChI=1S/C19H18N4O4/c1-13-6-8-15(9-7-13)22-18(10-14(2)21-22)20-19(24)12-27-17-5-3-4-16(11-17)23(25)26/h3-11H,12H2,1-2H3,(H,20,24). The lowest BCUT2D eigenvalue weighted by Gasteiger charge is -2.10. The van der Waals surface area contributed by atoms with Gasteiger partial charge in [-0.25, -0.2) is 4.68 Å². The molecule has 3 aromatic rings. The van der Waals surface area contributed by atoms with Crippen LogP contribution in [0, 0.1) is 24.0 Å². The van der Waals surface area contributed by atoms with Crippen molar-refractivity contribution in [3.8, 4) is 11.4 Å². The lowest BCUT2D eigenvalue weighted by Crippen LogP contribution is -2.21. The molecule has 8 heteroatoms. The molecular weight excluding hydrogens is 348 g/mol. The molecule has 138 valence electrons. The number of aryl methyl sites for hydroxylation is 2. The zero-order chi connectivity index (χ0) is 19.4. The van der Waals surface area contributed by atoms with E-state index in [-0.39, 0.29) is 18.0 Å². The number of nitro groups is 1. The Morgan fingerprint density at radius 3 is 2.63 bits per heavy atom. The highest BCUT2D eigenvalue weighted by molar-refractivity contribution is 5.91. The summed E-state index contributed by atoms with van der Waals surface area (Å²) in [4.78, 5) is 22.5. The Balaban J connectivity index is 1.69. The largest absolute Gasteiger partial charge is 0.484 e. The van der Waals surface area contributed by atoms with Crippen LogP contribution in [0.3, 0.4) is 0 Å². The second-order valence-corrected chi connectivity index (χ2v) is 6.01. The SMILES string of the molecule is Cc1ccc(-n2nc(C)cc2NC(=O)COc2cccc([N+](=O)[O-])c2)cc1. The van der Waals surface area contributed by atoms with Gasteiger partial charge in [0.15, 0.2) is 6.61 Å². The summed E-state index contributed by atoms with van der Waals surface area (Å²) < 4.78 is 6.99. The zero-order valence-electron chi connectivity index (χ0n) is 14.9. The first-order chi connectivity index (χ1) is 12.9. The van der Waals surface area contributed by atoms with Gasteiger partial charge in [0, 0.05) is 12.1 Å². The summed E-state index contributed by atoms with van der Waals surface area (Å²) in [5, 5.41) is 17.9. The number of amides is 1. The number of carbonyl (C=O) groups excluding carboxylic acids is 1. The van der Waals surface area contributed by atoms with Gasteiger partial charge in [-0.15, -0.1) is 0 Å². The molecule has 0 aliphatic carbocycles. The van der Waals surface area contributed by atoms with Crippen molar-refractivity contribution in [3.63, 3.8) is 0 Å². The van der Waals surface area contributed by atoms with Crippen LogP contribution in [0.1, 0.15) is 11.3 Å². The molecule has 1 heterocycles. The van der Waals surface area contributed by atoms with E-state index in [1.165, 1.54) is 18.2 Å². The number of non-ortho nitro benzene ring substituents is 1. The van der Waals surface area contributed by atoms with Gasteiger partial charge in [-0.2, -0.15) is 5.10 Å². The van der Waals surface area contributed by atoms with Crippen LogP contribution in [-0.2, 0) is 4.79 Å². The predicted octanol–water partition coefficient (Wildman–Crippen LogP) is 3.41. The third kappa shape index (κ3) is 4.49. The fourth-order valence-corrected chi connectivity index (χ4v) is 2.49. The van der Waals surface area contributed by atoms with Gasteiger partial charge in [0.2, 0.25) is 0 Å². The Labute approximate surface area is 155 Å². The Morgan fingerprint density at radius 2 is 1.93 bits per heavy atom. The summed E-state index contributed by atoms with van der Waals surface area (Å²) >= 11 is 0. The predicted molar refractivity (Wildman–Crippen MR) is 100 cm³/mol. The molecule has 27 heavy (non-hydrogen) atoms. The van der Waals surface area contributed by atoms with Crippen LogP contribution in [0.4, 0.5) is 11.5 Å². The number of anilines is 1. The van der Waals surface area contributed by atoms with Crippen molar-refractivity contribution in [2.24, 2.45) is 0 Å². The molecule has 8 nitrogen and oxygen atoms in total. The molecule has 1 N–H and O–H groups in total. The average molecular weight is 366 g/mol. The molecule has 0 aliphatic rings. The molecule has 0 saturated carbocycles. The number of hydrogen-bond donors (Lipinski definition) is 1. The fraction of sp³-hybridized carbons (Fsp3) is 0.158. The number of aromatic nitrogens is 2. The molecule has 0 bridgehead atoms. The van der Waals surface area contributed by atoms with E-state index < -0.39 is 10.8 Å². The summed E-state index contributed by atoms with van der Waals surface area (Å²) in [6.07, 6.45) is 0. The van der Waals surface area contributed by atoms with Crippen molar-refractivity contribution < 1.29 is 14.5 Å². The van der Waals surface area contributed by atoms with E-state index >= 15 is 0 Å². The topological polar surface area (TPSA) is 99.3 Å². The maximum absolute atomic E-state index is 12.2. The third-order valence-corrected chi connectivity index (χ3v) is 3.78. The van der Waals surface area contributed by atoms with Gasteiger partial charge >= 0.3 is 0 Å². The summed E-state index contributed by atoms with van der Waals surface area (Å²) in [6, 6.07) is 15.2. The minimum Gasteiger partial charge on any atom is -0.484 e. The maximum atomic E-state index is 12.2. The monoisotopic (exact) mass is 366 g/mol. The zero-order valence-corrected chi connectivity index (χ0v) is 14.9. The molecule has 0 spiro atoms. The van der Waals surface area contributed by atoms with Gasteiger partial charge in [-0.05, 0) is 32.0 Å². The van der Waals surface area contributed by atoms with Crippen LogP contribution in [0.5, 0.6) is 5.75 Å². The van der Waals surface area contributed by atoms with E-state index in [2.05, 4.69) is 10.4 Å². The van der Waals surface area contributed by atoms with E-state index in [0.717, 1.165) is 16.9 Å². The number of nitrogens with one attached hydrogen (secondary N) is 1. The van der Waals surface area contributed by atoms with Crippen molar-refractivity contribution in [2.75, 3.05) is 11.9 Å². The number of nitrogens with zero attached hydrogens (tertiary/aromatic N) is 3. The van der Waals surface area contributed by atoms with E-state index in [4.69, 9.17) is 4.74 Å². The average Bonchev–Trinajstić information content (AvgIpc) is 3.01. The van der Waals surface area contributed by atoms with E-state index in [1.807, 2.05) is 38.1 Å². The summed E-state index contributed by atoms with van der Waals surface area (Å²) in [6.45, 7) is 3.55. The van der Waals surface area contributed by atoms with Crippen molar-refractivity contribution in [1.82, 2.24) is 9.78 Å². The minimum atomic E-state index is -0.518. The first kappa shape index (κ1) is 18.1. The van der Waals surface area contributed by atoms with Gasteiger partial charge in [-0.1, -0.05) is 23.8 Å². The van der Waals surface area contributed by atoms with Gasteiger partial charge in [-0.3, -0.25) is 14.9 Å². The van der Waals surface area contributed by atoms with Crippen LogP contribution < -0.4 is 10.1 Å². The lowest BCUT2D eigenvalue weighted by atomic mass is 10.2. The minimum absolute atomic E-state index is 0.0963. The summed E-state index contributed by atoms with van der Waals surface area (Å²) in [5.74, 6) is 0.376. The van der Waals surface area contributed by atoms with Gasteiger partial charge in [0.05, 0.1) is 22.4 Å². The van der Waals surface area contributed by atoms with E-state index in [0.29, 0.717) is 5.82 Å². The maximum Gasteiger partial charge on any atom is 0.273 e. The molecule has 3 rings (SSSR count). The molecule has 2 aromatic carbocycles. The van der Waals surface area contributed by atoms with Gasteiger partial charge in [0.1, 0.15) is 11.6 Å². The smallest absolute Gasteiger partial charge is 0.273 e. The number of hydrogen-bond acceptors (Lipinski definition) is 5. The van der Waals surface area contributed by atoms with Crippen LogP contribution >= 0.6 is 0 Å². The highest BCUT2D eigenvalue weighted by Crippen LogP contribution is 2.20. The van der Waals surface area contributed by atoms with Crippen molar-refractivity contribution >= 4 is 17.4 Å². The van der Waals surface area contributed by atoms with Crippen LogP contribution in [0.25, 0.3) is 5.69 Å². The molecule has 0 atom stereocenters. The Bertz CT molecular complexity index is 980. The second kappa shape index (κ2) is 7.69. The first-order valence-electron chi connectivity index (χ1n) is 8.23. The number of nitro benzene ring substituents is 1. The number of carbonyl (C=O) groups is 1. The van der Waals surface area contributed by atoms with Crippen molar-refractivity contribution in [2.45, 2.75) is 13.8 Å². The quantitative estimate of drug-likeness (QED) is 0.532. The normalized spacial score (nSPS) is 10.4. The number of ether oxygens (including phenoxy) is 1. The summed E-state index contributed by atoms with van der Waals surface area (Å²) in [7, 11) is 0. The highest BCUT2D eigenvalue weighted by atomic mass is 16.6. The van der Waals surface area contributed by atoms with Gasteiger partial charge < -0.3 is 10.1 Å². The van der Waals surface area contributed by atoms with E-state index in [9.17, 15) is 14.9 Å². The molecule has 0 unspecified atom stereocenters. The molecular formula is C19H18N4O4. The van der Waals surface area contributed by atoms with Crippen LogP contribution in [0.15, 0.2) is 54.6 Å². The lowest BCUT2D eigenvalue weighted by molar-refractivity contribution is -0.384. The Morgan fingerprint density at radius 1 is 1.19 bits per heavy atom. The Kier molecular flexibility index (Phi) is 5.16. The molecule has 0 aliphatic heterocycles. The molecule has 0 fully saturated rings. The van der Waals surface area contributed by atoms with Crippen molar-refractivity contribution in [3.05, 3.63) is 76.0 Å².